The topological polar surface area (TPSA) is 71.5 Å². The van der Waals surface area contributed by atoms with Crippen LogP contribution in [0.2, 0.25) is 0 Å². The van der Waals surface area contributed by atoms with Gasteiger partial charge in [0.15, 0.2) is 6.10 Å². The lowest BCUT2D eigenvalue weighted by Crippen LogP contribution is -2.31. The number of hydrogen-bond donors (Lipinski definition) is 2. The van der Waals surface area contributed by atoms with Crippen LogP contribution in [0.3, 0.4) is 0 Å². The number of aliphatic hydroxyl groups is 1. The first-order valence-electron chi connectivity index (χ1n) is 4.18. The van der Waals surface area contributed by atoms with Crippen molar-refractivity contribution in [2.24, 2.45) is 0 Å². The molecule has 0 fully saturated rings. The molecule has 1 aromatic heterocycles. The van der Waals surface area contributed by atoms with E-state index in [1.54, 1.807) is 23.0 Å². The van der Waals surface area contributed by atoms with Crippen LogP contribution in [0.15, 0.2) is 18.3 Å². The van der Waals surface area contributed by atoms with Gasteiger partial charge >= 0.3 is 5.71 Å². The summed E-state index contributed by atoms with van der Waals surface area (Å²) in [5, 5.41) is 29.1. The molecule has 0 spiro atoms. The zero-order valence-corrected chi connectivity index (χ0v) is 7.58. The molecule has 0 aliphatic carbocycles. The van der Waals surface area contributed by atoms with Crippen molar-refractivity contribution in [3.05, 3.63) is 34.8 Å². The van der Waals surface area contributed by atoms with Gasteiger partial charge in [-0.1, -0.05) is 0 Å². The van der Waals surface area contributed by atoms with Crippen LogP contribution in [0.25, 0.3) is 6.20 Å². The van der Waals surface area contributed by atoms with Crippen molar-refractivity contribution in [3.8, 4) is 0 Å². The van der Waals surface area contributed by atoms with Gasteiger partial charge in [-0.25, -0.2) is 0 Å². The Morgan fingerprint density at radius 2 is 2.29 bits per heavy atom. The van der Waals surface area contributed by atoms with Gasteiger partial charge in [-0.3, -0.25) is 5.21 Å². The molecule has 2 N–H and O–H groups in total. The Balaban J connectivity index is 2.64. The Kier molecular flexibility index (Phi) is 1.82. The van der Waals surface area contributed by atoms with Crippen LogP contribution in [-0.2, 0) is 0 Å². The second-order valence-corrected chi connectivity index (χ2v) is 3.25. The third-order valence-corrected chi connectivity index (χ3v) is 2.16. The van der Waals surface area contributed by atoms with Crippen molar-refractivity contribution in [1.82, 2.24) is 4.57 Å². The molecule has 74 valence electrons. The molecule has 0 saturated carbocycles. The molecular formula is C9H10N2O3. The fourth-order valence-corrected chi connectivity index (χ4v) is 1.57. The van der Waals surface area contributed by atoms with E-state index >= 15 is 0 Å². The molecule has 0 saturated heterocycles. The van der Waals surface area contributed by atoms with Crippen molar-refractivity contribution >= 4 is 11.9 Å². The Hall–Kier alpha value is -1.75. The maximum absolute atomic E-state index is 10.8. The van der Waals surface area contributed by atoms with Crippen LogP contribution in [0.1, 0.15) is 11.3 Å². The number of nitrogens with zero attached hydrogens (tertiary/aromatic N) is 2. The molecule has 1 unspecified atom stereocenters. The maximum Gasteiger partial charge on any atom is 0.300 e. The SMILES string of the molecule is Cc1cc2n(c1)C=CC(O)/C2=[N+](\[O-])O. The van der Waals surface area contributed by atoms with Gasteiger partial charge in [0.1, 0.15) is 5.69 Å². The highest BCUT2D eigenvalue weighted by molar-refractivity contribution is 6.02. The first-order chi connectivity index (χ1) is 6.59. The molecule has 2 rings (SSSR count). The summed E-state index contributed by atoms with van der Waals surface area (Å²) in [5.41, 5.74) is 1.41. The van der Waals surface area contributed by atoms with E-state index in [1.165, 1.54) is 6.08 Å². The summed E-state index contributed by atoms with van der Waals surface area (Å²) in [6.07, 6.45) is 3.84. The van der Waals surface area contributed by atoms with Crippen LogP contribution in [-0.4, -0.2) is 31.6 Å². The largest absolute Gasteiger partial charge is 0.417 e. The Bertz CT molecular complexity index is 427. The van der Waals surface area contributed by atoms with Crippen molar-refractivity contribution < 1.29 is 15.2 Å². The second kappa shape index (κ2) is 2.88. The van der Waals surface area contributed by atoms with Gasteiger partial charge in [-0.2, -0.15) is 0 Å². The molecule has 0 aromatic carbocycles. The number of aromatic nitrogens is 1. The van der Waals surface area contributed by atoms with E-state index < -0.39 is 6.10 Å². The summed E-state index contributed by atoms with van der Waals surface area (Å²) < 4.78 is 1.68. The quantitative estimate of drug-likeness (QED) is 0.355. The molecule has 14 heavy (non-hydrogen) atoms. The number of rotatable bonds is 0. The molecule has 5 heteroatoms. The standard InChI is InChI=1S/C9H10N2O3/c1-6-4-7-9(11(13)14)8(12)2-3-10(7)5-6/h2-5,8,12H,1H3,(H,13,14). The van der Waals surface area contributed by atoms with E-state index in [4.69, 9.17) is 5.21 Å². The van der Waals surface area contributed by atoms with E-state index in [1.807, 2.05) is 6.92 Å². The van der Waals surface area contributed by atoms with Crippen LogP contribution < -0.4 is 0 Å². The minimum atomic E-state index is -1.06. The Labute approximate surface area is 80.4 Å². The number of aliphatic hydroxyl groups excluding tert-OH is 1. The van der Waals surface area contributed by atoms with Gasteiger partial charge in [0, 0.05) is 17.3 Å². The number of aryl methyl sites for hydroxylation is 1. The average molecular weight is 194 g/mol. The summed E-state index contributed by atoms with van der Waals surface area (Å²) in [6, 6.07) is 1.73. The lowest BCUT2D eigenvalue weighted by Gasteiger charge is -2.12. The van der Waals surface area contributed by atoms with Crippen LogP contribution in [0.5, 0.6) is 0 Å². The first kappa shape index (κ1) is 8.83. The third kappa shape index (κ3) is 1.18. The number of hydrogen-bond acceptors (Lipinski definition) is 3. The van der Waals surface area contributed by atoms with Crippen molar-refractivity contribution in [3.63, 3.8) is 0 Å². The van der Waals surface area contributed by atoms with E-state index in [2.05, 4.69) is 0 Å². The van der Waals surface area contributed by atoms with Crippen LogP contribution in [0.4, 0.5) is 0 Å². The fourth-order valence-electron chi connectivity index (χ4n) is 1.57. The first-order valence-corrected chi connectivity index (χ1v) is 4.18. The van der Waals surface area contributed by atoms with E-state index in [0.717, 1.165) is 5.56 Å². The lowest BCUT2D eigenvalue weighted by atomic mass is 10.1. The van der Waals surface area contributed by atoms with Gasteiger partial charge < -0.3 is 14.9 Å². The van der Waals surface area contributed by atoms with E-state index in [0.29, 0.717) is 5.69 Å². The maximum atomic E-state index is 10.8. The molecule has 0 bridgehead atoms. The lowest BCUT2D eigenvalue weighted by molar-refractivity contribution is -0.727. The van der Waals surface area contributed by atoms with Gasteiger partial charge in [-0.15, -0.1) is 0 Å². The summed E-state index contributed by atoms with van der Waals surface area (Å²) in [6.45, 7) is 1.87. The van der Waals surface area contributed by atoms with Gasteiger partial charge in [0.05, 0.1) is 0 Å². The highest BCUT2D eigenvalue weighted by Crippen LogP contribution is 2.16. The normalized spacial score (nSPS) is 23.4. The second-order valence-electron chi connectivity index (χ2n) is 3.25. The minimum Gasteiger partial charge on any atom is -0.417 e. The van der Waals surface area contributed by atoms with Crippen LogP contribution in [0, 0.1) is 12.1 Å². The van der Waals surface area contributed by atoms with E-state index in [-0.39, 0.29) is 10.6 Å². The molecule has 1 aliphatic rings. The summed E-state index contributed by atoms with van der Waals surface area (Å²) in [4.78, 5) is -0.292. The van der Waals surface area contributed by atoms with Gasteiger partial charge in [0.25, 0.3) is 0 Å². The van der Waals surface area contributed by atoms with Crippen molar-refractivity contribution in [1.29, 1.82) is 0 Å². The monoisotopic (exact) mass is 194 g/mol. The molecule has 5 nitrogen and oxygen atoms in total. The Morgan fingerprint density at radius 3 is 2.93 bits per heavy atom. The van der Waals surface area contributed by atoms with Crippen LogP contribution >= 0.6 is 0 Å². The molecular weight excluding hydrogens is 184 g/mol. The zero-order valence-electron chi connectivity index (χ0n) is 7.58. The van der Waals surface area contributed by atoms with Gasteiger partial charge in [-0.05, 0) is 24.6 Å². The van der Waals surface area contributed by atoms with E-state index in [9.17, 15) is 10.3 Å². The summed E-state index contributed by atoms with van der Waals surface area (Å²) in [7, 11) is 0. The van der Waals surface area contributed by atoms with Crippen molar-refractivity contribution in [2.45, 2.75) is 13.0 Å². The highest BCUT2D eigenvalue weighted by Gasteiger charge is 2.28. The minimum absolute atomic E-state index is 0.0550. The predicted octanol–water partition coefficient (Wildman–Crippen LogP) is 0.330. The molecule has 1 atom stereocenters. The number of fused-ring (bicyclic) bond motifs is 1. The molecule has 1 aromatic rings. The van der Waals surface area contributed by atoms with Gasteiger partial charge in [0.2, 0.25) is 0 Å². The average Bonchev–Trinajstić information content (AvgIpc) is 2.43. The summed E-state index contributed by atoms with van der Waals surface area (Å²) in [5.74, 6) is 0. The predicted molar refractivity (Wildman–Crippen MR) is 50.0 cm³/mol. The summed E-state index contributed by atoms with van der Waals surface area (Å²) >= 11 is 0. The highest BCUT2D eigenvalue weighted by atomic mass is 16.8. The molecule has 0 radical (unpaired) electrons. The van der Waals surface area contributed by atoms with Crippen molar-refractivity contribution in [2.75, 3.05) is 0 Å². The Morgan fingerprint density at radius 1 is 1.57 bits per heavy atom. The fraction of sp³-hybridized carbons (Fsp3) is 0.222. The zero-order chi connectivity index (χ0) is 10.3. The molecule has 1 aliphatic heterocycles. The molecule has 2 heterocycles. The third-order valence-electron chi connectivity index (χ3n) is 2.16. The molecule has 0 amide bonds. The smallest absolute Gasteiger partial charge is 0.300 e.